The van der Waals surface area contributed by atoms with Gasteiger partial charge in [0.25, 0.3) is 0 Å². The molecule has 2 aromatic carbocycles. The lowest BCUT2D eigenvalue weighted by Gasteiger charge is -2.17. The molecule has 214 valence electrons. The minimum atomic E-state index is -3.67. The Labute approximate surface area is 234 Å². The van der Waals surface area contributed by atoms with Crippen molar-refractivity contribution in [3.63, 3.8) is 0 Å². The van der Waals surface area contributed by atoms with E-state index in [2.05, 4.69) is 15.0 Å². The van der Waals surface area contributed by atoms with Gasteiger partial charge in [0, 0.05) is 26.3 Å². The number of anilines is 1. The van der Waals surface area contributed by atoms with E-state index in [1.54, 1.807) is 42.6 Å². The van der Waals surface area contributed by atoms with Crippen LogP contribution >= 0.6 is 0 Å². The summed E-state index contributed by atoms with van der Waals surface area (Å²) in [5.74, 6) is -0.407. The molecule has 1 aromatic heterocycles. The highest BCUT2D eigenvalue weighted by Gasteiger charge is 2.21. The van der Waals surface area contributed by atoms with E-state index < -0.39 is 28.1 Å². The minimum absolute atomic E-state index is 0.00724. The number of rotatable bonds is 16. The topological polar surface area (TPSA) is 147 Å². The fourth-order valence-electron chi connectivity index (χ4n) is 3.60. The van der Waals surface area contributed by atoms with E-state index in [-0.39, 0.29) is 24.7 Å². The van der Waals surface area contributed by atoms with Gasteiger partial charge in [-0.2, -0.15) is 0 Å². The van der Waals surface area contributed by atoms with Crippen LogP contribution in [0.5, 0.6) is 0 Å². The number of hydrogen-bond acceptors (Lipinski definition) is 8. The molecular formula is C28H34N4O7S. The number of pyridine rings is 1. The molecule has 3 rings (SSSR count). The van der Waals surface area contributed by atoms with E-state index in [1.807, 2.05) is 36.2 Å². The lowest BCUT2D eigenvalue weighted by Crippen LogP contribution is -2.44. The van der Waals surface area contributed by atoms with E-state index in [9.17, 15) is 23.1 Å². The Balaban J connectivity index is 1.37. The number of unbranched alkanes of at least 4 members (excludes halogenated alkanes) is 1. The normalized spacial score (nSPS) is 11.9. The number of aliphatic carboxylic acids is 1. The second-order valence-electron chi connectivity index (χ2n) is 8.97. The quantitative estimate of drug-likeness (QED) is 0.221. The summed E-state index contributed by atoms with van der Waals surface area (Å²) in [6.07, 6.45) is 2.32. The maximum Gasteiger partial charge on any atom is 0.408 e. The molecular weight excluding hydrogens is 536 g/mol. The first kappa shape index (κ1) is 30.5. The second kappa shape index (κ2) is 15.6. The predicted octanol–water partition coefficient (Wildman–Crippen LogP) is 3.17. The van der Waals surface area contributed by atoms with Crippen LogP contribution in [-0.4, -0.2) is 63.4 Å². The molecule has 3 aromatic rings. The summed E-state index contributed by atoms with van der Waals surface area (Å²) in [6.45, 7) is 0.795. The molecule has 0 spiro atoms. The third kappa shape index (κ3) is 10.3. The van der Waals surface area contributed by atoms with E-state index in [4.69, 9.17) is 9.47 Å². The Morgan fingerprint density at radius 3 is 2.33 bits per heavy atom. The van der Waals surface area contributed by atoms with Crippen molar-refractivity contribution in [2.24, 2.45) is 0 Å². The van der Waals surface area contributed by atoms with Gasteiger partial charge >= 0.3 is 12.1 Å². The van der Waals surface area contributed by atoms with Crippen molar-refractivity contribution in [2.75, 3.05) is 31.6 Å². The fraction of sp³-hybridized carbons (Fsp3) is 0.321. The van der Waals surface area contributed by atoms with Crippen LogP contribution in [0, 0.1) is 0 Å². The molecule has 3 N–H and O–H groups in total. The first-order valence-electron chi connectivity index (χ1n) is 12.7. The Morgan fingerprint density at radius 2 is 1.65 bits per heavy atom. The van der Waals surface area contributed by atoms with Gasteiger partial charge < -0.3 is 24.8 Å². The van der Waals surface area contributed by atoms with Crippen molar-refractivity contribution in [1.29, 1.82) is 0 Å². The van der Waals surface area contributed by atoms with Gasteiger partial charge in [-0.3, -0.25) is 0 Å². The zero-order chi connectivity index (χ0) is 28.8. The van der Waals surface area contributed by atoms with E-state index in [1.165, 1.54) is 12.1 Å². The number of nitrogens with zero attached hydrogens (tertiary/aromatic N) is 2. The number of carboxylic acid groups (broad SMARTS) is 1. The molecule has 0 unspecified atom stereocenters. The Bertz CT molecular complexity index is 1310. The average Bonchev–Trinajstić information content (AvgIpc) is 2.96. The van der Waals surface area contributed by atoms with E-state index in [0.717, 1.165) is 24.3 Å². The highest BCUT2D eigenvalue weighted by atomic mass is 32.2. The van der Waals surface area contributed by atoms with Crippen molar-refractivity contribution >= 4 is 27.9 Å². The summed E-state index contributed by atoms with van der Waals surface area (Å²) in [7, 11) is -1.73. The maximum absolute atomic E-state index is 12.6. The van der Waals surface area contributed by atoms with Crippen LogP contribution < -0.4 is 14.9 Å². The minimum Gasteiger partial charge on any atom is -0.480 e. The first-order chi connectivity index (χ1) is 19.2. The third-order valence-electron chi connectivity index (χ3n) is 5.84. The number of carbonyl (C=O) groups excluding carboxylic acids is 1. The van der Waals surface area contributed by atoms with Gasteiger partial charge in [-0.15, -0.1) is 0 Å². The van der Waals surface area contributed by atoms with Gasteiger partial charge in [0.1, 0.15) is 12.4 Å². The van der Waals surface area contributed by atoms with Gasteiger partial charge in [0.15, 0.2) is 6.04 Å². The fourth-order valence-corrected chi connectivity index (χ4v) is 4.67. The van der Waals surface area contributed by atoms with Gasteiger partial charge in [-0.05, 0) is 48.2 Å². The standard InChI is InChI=1S/C28H34N4O7S/c1-32(26-11-5-6-16-29-26)18-8-7-17-30-40(36,37)24-14-12-23(13-15-24)19-38-21-25(27(33)34)31-28(35)39-20-22-9-3-2-4-10-22/h2-6,9-16,25,30H,7-8,17-21H2,1H3,(H,31,35)(H,33,34)/t25-/m0/s1. The molecule has 1 amide bonds. The number of ether oxygens (including phenoxy) is 2. The molecule has 40 heavy (non-hydrogen) atoms. The molecule has 0 aliphatic heterocycles. The van der Waals surface area contributed by atoms with Crippen LogP contribution in [0.3, 0.4) is 0 Å². The SMILES string of the molecule is CN(CCCCNS(=O)(=O)c1ccc(COC[C@H](NC(=O)OCc2ccccc2)C(=O)O)cc1)c1ccccn1. The number of alkyl carbamates (subject to hydrolysis) is 1. The lowest BCUT2D eigenvalue weighted by atomic mass is 10.2. The number of benzene rings is 2. The van der Waals surface area contributed by atoms with Crippen LogP contribution in [0.15, 0.2) is 83.9 Å². The van der Waals surface area contributed by atoms with Gasteiger partial charge in [0.05, 0.1) is 18.1 Å². The van der Waals surface area contributed by atoms with Crippen LogP contribution in [-0.2, 0) is 37.5 Å². The van der Waals surface area contributed by atoms with E-state index in [0.29, 0.717) is 18.5 Å². The zero-order valence-electron chi connectivity index (χ0n) is 22.2. The highest BCUT2D eigenvalue weighted by molar-refractivity contribution is 7.89. The monoisotopic (exact) mass is 570 g/mol. The summed E-state index contributed by atoms with van der Waals surface area (Å²) in [5.41, 5.74) is 1.41. The Morgan fingerprint density at radius 1 is 0.950 bits per heavy atom. The summed E-state index contributed by atoms with van der Waals surface area (Å²) < 4.78 is 38.3. The molecule has 0 fully saturated rings. The number of carbonyl (C=O) groups is 2. The average molecular weight is 571 g/mol. The molecule has 1 atom stereocenters. The number of amides is 1. The molecule has 12 heteroatoms. The summed E-state index contributed by atoms with van der Waals surface area (Å²) in [4.78, 5) is 29.9. The number of nitrogens with one attached hydrogen (secondary N) is 2. The zero-order valence-corrected chi connectivity index (χ0v) is 23.0. The smallest absolute Gasteiger partial charge is 0.408 e. The number of hydrogen-bond donors (Lipinski definition) is 3. The van der Waals surface area contributed by atoms with Crippen LogP contribution in [0.1, 0.15) is 24.0 Å². The number of carboxylic acids is 1. The van der Waals surface area contributed by atoms with Crippen molar-refractivity contribution < 1.29 is 32.6 Å². The van der Waals surface area contributed by atoms with Crippen molar-refractivity contribution in [3.05, 3.63) is 90.1 Å². The predicted molar refractivity (Wildman–Crippen MR) is 149 cm³/mol. The molecule has 0 saturated heterocycles. The Hall–Kier alpha value is -4.00. The molecule has 11 nitrogen and oxygen atoms in total. The second-order valence-corrected chi connectivity index (χ2v) is 10.7. The summed E-state index contributed by atoms with van der Waals surface area (Å²) in [5, 5.41) is 11.7. The maximum atomic E-state index is 12.6. The Kier molecular flexibility index (Phi) is 11.9. The number of aromatic nitrogens is 1. The molecule has 0 aliphatic rings. The first-order valence-corrected chi connectivity index (χ1v) is 14.2. The highest BCUT2D eigenvalue weighted by Crippen LogP contribution is 2.12. The van der Waals surface area contributed by atoms with Gasteiger partial charge in [-0.25, -0.2) is 27.7 Å². The molecule has 0 bridgehead atoms. The summed E-state index contributed by atoms with van der Waals surface area (Å²) in [6, 6.07) is 19.5. The largest absolute Gasteiger partial charge is 0.480 e. The molecule has 0 saturated carbocycles. The molecule has 0 aliphatic carbocycles. The van der Waals surface area contributed by atoms with Gasteiger partial charge in [-0.1, -0.05) is 48.5 Å². The number of sulfonamides is 1. The van der Waals surface area contributed by atoms with Crippen molar-refractivity contribution in [1.82, 2.24) is 15.0 Å². The van der Waals surface area contributed by atoms with Crippen LogP contribution in [0.2, 0.25) is 0 Å². The van der Waals surface area contributed by atoms with Crippen LogP contribution in [0.25, 0.3) is 0 Å². The van der Waals surface area contributed by atoms with Crippen molar-refractivity contribution in [2.45, 2.75) is 37.0 Å². The van der Waals surface area contributed by atoms with Crippen LogP contribution in [0.4, 0.5) is 10.6 Å². The van der Waals surface area contributed by atoms with Gasteiger partial charge in [0.2, 0.25) is 10.0 Å². The molecule has 0 radical (unpaired) electrons. The lowest BCUT2D eigenvalue weighted by molar-refractivity contribution is -0.141. The van der Waals surface area contributed by atoms with Crippen molar-refractivity contribution in [3.8, 4) is 0 Å². The third-order valence-corrected chi connectivity index (χ3v) is 7.32. The summed E-state index contributed by atoms with van der Waals surface area (Å²) >= 11 is 0. The molecule has 1 heterocycles. The van der Waals surface area contributed by atoms with E-state index >= 15 is 0 Å².